The van der Waals surface area contributed by atoms with Crippen LogP contribution in [-0.4, -0.2) is 16.6 Å². The molecule has 0 unspecified atom stereocenters. The van der Waals surface area contributed by atoms with Gasteiger partial charge in [0, 0.05) is 23.0 Å². The van der Waals surface area contributed by atoms with Gasteiger partial charge >= 0.3 is 0 Å². The highest BCUT2D eigenvalue weighted by Gasteiger charge is 2.22. The second-order valence-corrected chi connectivity index (χ2v) is 6.92. The fraction of sp³-hybridized carbons (Fsp3) is 0.412. The van der Waals surface area contributed by atoms with Crippen molar-refractivity contribution in [3.8, 4) is 17.0 Å². The molecule has 0 bridgehead atoms. The number of benzene rings is 1. The van der Waals surface area contributed by atoms with Gasteiger partial charge in [-0.05, 0) is 18.6 Å². The lowest BCUT2D eigenvalue weighted by Gasteiger charge is -2.20. The average molecular weight is 300 g/mol. The number of aromatic nitrogens is 2. The summed E-state index contributed by atoms with van der Waals surface area (Å²) in [5, 5.41) is 0. The molecule has 0 amide bonds. The zero-order valence-corrected chi connectivity index (χ0v) is 13.7. The number of aromatic amines is 1. The molecule has 1 N–H and O–H groups in total. The third kappa shape index (κ3) is 2.48. The Morgan fingerprint density at radius 3 is 2.76 bits per heavy atom. The van der Waals surface area contributed by atoms with Gasteiger partial charge in [0.15, 0.2) is 0 Å². The standard InChI is InChI=1S/C17H20N2OS/c1-10-13(18-16(17(2,3)4)19-15(10)21)12-7-5-6-11-8-9-20-14(11)12/h5-7H,8-9H2,1-4H3,(H,18,19,21). The van der Waals surface area contributed by atoms with Crippen molar-refractivity contribution in [3.05, 3.63) is 39.8 Å². The Morgan fingerprint density at radius 1 is 1.29 bits per heavy atom. The van der Waals surface area contributed by atoms with Crippen molar-refractivity contribution in [3.63, 3.8) is 0 Å². The summed E-state index contributed by atoms with van der Waals surface area (Å²) in [5.41, 5.74) is 4.30. The summed E-state index contributed by atoms with van der Waals surface area (Å²) in [6, 6.07) is 6.29. The van der Waals surface area contributed by atoms with E-state index in [4.69, 9.17) is 17.0 Å². The maximum absolute atomic E-state index is 5.83. The Bertz CT molecular complexity index is 756. The maximum atomic E-state index is 5.83. The van der Waals surface area contributed by atoms with E-state index in [9.17, 15) is 0 Å². The molecule has 21 heavy (non-hydrogen) atoms. The summed E-state index contributed by atoms with van der Waals surface area (Å²) in [6.45, 7) is 9.16. The lowest BCUT2D eigenvalue weighted by atomic mass is 9.94. The van der Waals surface area contributed by atoms with Crippen LogP contribution in [0.2, 0.25) is 0 Å². The van der Waals surface area contributed by atoms with Crippen molar-refractivity contribution in [2.45, 2.75) is 39.5 Å². The Balaban J connectivity index is 2.26. The predicted molar refractivity (Wildman–Crippen MR) is 87.5 cm³/mol. The van der Waals surface area contributed by atoms with E-state index in [0.29, 0.717) is 4.64 Å². The van der Waals surface area contributed by atoms with Crippen LogP contribution >= 0.6 is 12.2 Å². The fourth-order valence-electron chi connectivity index (χ4n) is 2.57. The first-order valence-corrected chi connectivity index (χ1v) is 7.65. The minimum atomic E-state index is -0.0746. The largest absolute Gasteiger partial charge is 0.492 e. The Kier molecular flexibility index (Phi) is 3.36. The van der Waals surface area contributed by atoms with E-state index >= 15 is 0 Å². The van der Waals surface area contributed by atoms with E-state index in [2.05, 4.69) is 48.9 Å². The third-order valence-corrected chi connectivity index (χ3v) is 4.24. The lowest BCUT2D eigenvalue weighted by Crippen LogP contribution is -2.17. The molecule has 1 aliphatic heterocycles. The molecule has 0 saturated heterocycles. The minimum absolute atomic E-state index is 0.0746. The Morgan fingerprint density at radius 2 is 2.05 bits per heavy atom. The molecule has 0 fully saturated rings. The highest BCUT2D eigenvalue weighted by Crippen LogP contribution is 2.37. The first kappa shape index (κ1) is 14.3. The molecule has 1 aromatic carbocycles. The number of hydrogen-bond donors (Lipinski definition) is 1. The number of nitrogens with one attached hydrogen (secondary N) is 1. The Hall–Kier alpha value is -1.68. The molecule has 0 saturated carbocycles. The molecule has 4 heteroatoms. The SMILES string of the molecule is Cc1c(-c2cccc3c2OCC3)[nH]c(C(C)(C)C)nc1=S. The lowest BCUT2D eigenvalue weighted by molar-refractivity contribution is 0.358. The second kappa shape index (κ2) is 4.95. The van der Waals surface area contributed by atoms with Crippen molar-refractivity contribution in [1.29, 1.82) is 0 Å². The zero-order valence-electron chi connectivity index (χ0n) is 12.9. The van der Waals surface area contributed by atoms with Gasteiger partial charge in [0.2, 0.25) is 0 Å². The number of fused-ring (bicyclic) bond motifs is 1. The quantitative estimate of drug-likeness (QED) is 0.796. The van der Waals surface area contributed by atoms with Gasteiger partial charge in [-0.25, -0.2) is 4.98 Å². The molecule has 3 nitrogen and oxygen atoms in total. The van der Waals surface area contributed by atoms with Gasteiger partial charge in [-0.3, -0.25) is 0 Å². The minimum Gasteiger partial charge on any atom is -0.492 e. The van der Waals surface area contributed by atoms with Crippen LogP contribution in [0.3, 0.4) is 0 Å². The van der Waals surface area contributed by atoms with Crippen LogP contribution in [-0.2, 0) is 11.8 Å². The molecule has 110 valence electrons. The van der Waals surface area contributed by atoms with Crippen molar-refractivity contribution in [2.24, 2.45) is 0 Å². The van der Waals surface area contributed by atoms with Gasteiger partial charge in [-0.15, -0.1) is 0 Å². The van der Waals surface area contributed by atoms with Crippen LogP contribution in [0.5, 0.6) is 5.75 Å². The topological polar surface area (TPSA) is 37.9 Å². The highest BCUT2D eigenvalue weighted by molar-refractivity contribution is 7.71. The molecule has 1 aromatic heterocycles. The van der Waals surface area contributed by atoms with Crippen LogP contribution in [0.1, 0.15) is 37.7 Å². The highest BCUT2D eigenvalue weighted by atomic mass is 32.1. The number of rotatable bonds is 1. The second-order valence-electron chi connectivity index (χ2n) is 6.53. The molecule has 0 radical (unpaired) electrons. The van der Waals surface area contributed by atoms with Gasteiger partial charge in [0.1, 0.15) is 16.2 Å². The first-order valence-electron chi connectivity index (χ1n) is 7.24. The number of hydrogen-bond acceptors (Lipinski definition) is 3. The van der Waals surface area contributed by atoms with E-state index in [-0.39, 0.29) is 5.41 Å². The molecule has 2 heterocycles. The summed E-state index contributed by atoms with van der Waals surface area (Å²) < 4.78 is 6.49. The normalized spacial score (nSPS) is 13.9. The van der Waals surface area contributed by atoms with Crippen LogP contribution in [0.25, 0.3) is 11.3 Å². The first-order chi connectivity index (χ1) is 9.88. The van der Waals surface area contributed by atoms with E-state index < -0.39 is 0 Å². The zero-order chi connectivity index (χ0) is 15.2. The molecule has 3 rings (SSSR count). The summed E-state index contributed by atoms with van der Waals surface area (Å²) in [6.07, 6.45) is 0.972. The summed E-state index contributed by atoms with van der Waals surface area (Å²) in [5.74, 6) is 1.89. The monoisotopic (exact) mass is 300 g/mol. The molecular weight excluding hydrogens is 280 g/mol. The smallest absolute Gasteiger partial charge is 0.133 e. The van der Waals surface area contributed by atoms with Gasteiger partial charge < -0.3 is 9.72 Å². The summed E-state index contributed by atoms with van der Waals surface area (Å²) in [4.78, 5) is 8.02. The van der Waals surface area contributed by atoms with Gasteiger partial charge in [0.25, 0.3) is 0 Å². The number of ether oxygens (including phenoxy) is 1. The van der Waals surface area contributed by atoms with E-state index in [0.717, 1.165) is 41.4 Å². The van der Waals surface area contributed by atoms with Crippen LogP contribution < -0.4 is 4.74 Å². The van der Waals surface area contributed by atoms with Crippen molar-refractivity contribution in [1.82, 2.24) is 9.97 Å². The maximum Gasteiger partial charge on any atom is 0.133 e. The van der Waals surface area contributed by atoms with Crippen molar-refractivity contribution >= 4 is 12.2 Å². The summed E-state index contributed by atoms with van der Waals surface area (Å²) >= 11 is 5.45. The molecule has 0 atom stereocenters. The van der Waals surface area contributed by atoms with Crippen LogP contribution in [0.4, 0.5) is 0 Å². The van der Waals surface area contributed by atoms with Crippen molar-refractivity contribution in [2.75, 3.05) is 6.61 Å². The van der Waals surface area contributed by atoms with Gasteiger partial charge in [-0.1, -0.05) is 45.1 Å². The summed E-state index contributed by atoms with van der Waals surface area (Å²) in [7, 11) is 0. The van der Waals surface area contributed by atoms with Crippen LogP contribution in [0.15, 0.2) is 18.2 Å². The molecule has 0 spiro atoms. The van der Waals surface area contributed by atoms with E-state index in [1.54, 1.807) is 0 Å². The molecule has 1 aliphatic rings. The van der Waals surface area contributed by atoms with E-state index in [1.165, 1.54) is 5.56 Å². The number of H-pyrrole nitrogens is 1. The van der Waals surface area contributed by atoms with Crippen molar-refractivity contribution < 1.29 is 4.74 Å². The Labute approximate surface area is 130 Å². The predicted octanol–water partition coefficient (Wildman–Crippen LogP) is 4.35. The van der Waals surface area contributed by atoms with E-state index in [1.807, 2.05) is 6.92 Å². The molecule has 2 aromatic rings. The average Bonchev–Trinajstić information content (AvgIpc) is 2.88. The van der Waals surface area contributed by atoms with Gasteiger partial charge in [0.05, 0.1) is 12.3 Å². The molecular formula is C17H20N2OS. The van der Waals surface area contributed by atoms with Gasteiger partial charge in [-0.2, -0.15) is 0 Å². The number of para-hydroxylation sites is 1. The fourth-order valence-corrected chi connectivity index (χ4v) is 2.76. The number of nitrogens with zero attached hydrogens (tertiary/aromatic N) is 1. The molecule has 0 aliphatic carbocycles. The van der Waals surface area contributed by atoms with Crippen LogP contribution in [0, 0.1) is 11.6 Å². The third-order valence-electron chi connectivity index (χ3n) is 3.85.